The lowest BCUT2D eigenvalue weighted by atomic mass is 10.2. The molecule has 3 nitrogen and oxygen atoms in total. The van der Waals surface area contributed by atoms with Crippen molar-refractivity contribution in [2.75, 3.05) is 23.9 Å². The smallest absolute Gasteiger partial charge is 0.223 e. The first kappa shape index (κ1) is 12.6. The molecule has 0 saturated carbocycles. The van der Waals surface area contributed by atoms with Crippen molar-refractivity contribution in [2.45, 2.75) is 6.42 Å². The van der Waals surface area contributed by atoms with Gasteiger partial charge in [-0.25, -0.2) is 9.97 Å². The molecule has 2 rings (SSSR count). The molecule has 1 heterocycles. The van der Waals surface area contributed by atoms with Gasteiger partial charge in [-0.15, -0.1) is 0 Å². The summed E-state index contributed by atoms with van der Waals surface area (Å²) in [6.45, 7) is 0.920. The summed E-state index contributed by atoms with van der Waals surface area (Å²) in [4.78, 5) is 8.76. The molecule has 0 aliphatic carbocycles. The Balaban J connectivity index is 2.07. The number of benzene rings is 1. The summed E-state index contributed by atoms with van der Waals surface area (Å²) in [5, 5.41) is 4.29. The quantitative estimate of drug-likeness (QED) is 0.857. The standard InChI is InChI=1S/C12H14BrN3S/c1-17-6-2-5-14-12-15-8-9-7-10(13)3-4-11(9)16-12/h3-4,7-8H,2,5-6H2,1H3,(H,14,15,16). The van der Waals surface area contributed by atoms with Crippen LogP contribution in [0.4, 0.5) is 5.95 Å². The third kappa shape index (κ3) is 3.57. The Hall–Kier alpha value is -0.810. The van der Waals surface area contributed by atoms with Crippen molar-refractivity contribution in [1.29, 1.82) is 0 Å². The number of nitrogens with zero attached hydrogens (tertiary/aromatic N) is 2. The average Bonchev–Trinajstić information content (AvgIpc) is 2.35. The molecule has 0 spiro atoms. The van der Waals surface area contributed by atoms with Gasteiger partial charge in [0.15, 0.2) is 0 Å². The van der Waals surface area contributed by atoms with Crippen molar-refractivity contribution in [3.05, 3.63) is 28.9 Å². The predicted molar refractivity (Wildman–Crippen MR) is 78.7 cm³/mol. The molecule has 0 radical (unpaired) electrons. The van der Waals surface area contributed by atoms with E-state index in [1.807, 2.05) is 36.2 Å². The van der Waals surface area contributed by atoms with Crippen LogP contribution < -0.4 is 5.32 Å². The van der Waals surface area contributed by atoms with Crippen LogP contribution in [-0.4, -0.2) is 28.5 Å². The molecule has 1 aromatic heterocycles. The largest absolute Gasteiger partial charge is 0.354 e. The van der Waals surface area contributed by atoms with Crippen LogP contribution in [-0.2, 0) is 0 Å². The first-order valence-electron chi connectivity index (χ1n) is 5.45. The lowest BCUT2D eigenvalue weighted by molar-refractivity contribution is 0.968. The molecule has 0 amide bonds. The molecule has 0 aliphatic heterocycles. The van der Waals surface area contributed by atoms with E-state index in [1.54, 1.807) is 0 Å². The molecule has 90 valence electrons. The summed E-state index contributed by atoms with van der Waals surface area (Å²) in [5.74, 6) is 1.87. The summed E-state index contributed by atoms with van der Waals surface area (Å²) in [6, 6.07) is 6.01. The van der Waals surface area contributed by atoms with Gasteiger partial charge >= 0.3 is 0 Å². The minimum atomic E-state index is 0.709. The zero-order chi connectivity index (χ0) is 12.1. The second kappa shape index (κ2) is 6.21. The lowest BCUT2D eigenvalue weighted by Gasteiger charge is -2.05. The maximum Gasteiger partial charge on any atom is 0.223 e. The second-order valence-electron chi connectivity index (χ2n) is 3.67. The zero-order valence-electron chi connectivity index (χ0n) is 9.61. The molecule has 0 fully saturated rings. The topological polar surface area (TPSA) is 37.8 Å². The van der Waals surface area contributed by atoms with Crippen LogP contribution in [0, 0.1) is 0 Å². The maximum absolute atomic E-state index is 4.46. The molecule has 1 aromatic carbocycles. The van der Waals surface area contributed by atoms with E-state index in [2.05, 4.69) is 37.5 Å². The normalized spacial score (nSPS) is 10.7. The Labute approximate surface area is 114 Å². The van der Waals surface area contributed by atoms with Crippen molar-refractivity contribution in [3.8, 4) is 0 Å². The number of fused-ring (bicyclic) bond motifs is 1. The van der Waals surface area contributed by atoms with Gasteiger partial charge in [-0.1, -0.05) is 15.9 Å². The minimum Gasteiger partial charge on any atom is -0.354 e. The zero-order valence-corrected chi connectivity index (χ0v) is 12.0. The summed E-state index contributed by atoms with van der Waals surface area (Å²) in [5.41, 5.74) is 0.968. The SMILES string of the molecule is CSCCCNc1ncc2cc(Br)ccc2n1. The third-order valence-corrected chi connectivity index (χ3v) is 3.54. The fraction of sp³-hybridized carbons (Fsp3) is 0.333. The van der Waals surface area contributed by atoms with Gasteiger partial charge < -0.3 is 5.32 Å². The molecule has 5 heteroatoms. The summed E-state index contributed by atoms with van der Waals surface area (Å²) in [7, 11) is 0. The number of nitrogens with one attached hydrogen (secondary N) is 1. The van der Waals surface area contributed by atoms with E-state index in [-0.39, 0.29) is 0 Å². The highest BCUT2D eigenvalue weighted by atomic mass is 79.9. The summed E-state index contributed by atoms with van der Waals surface area (Å²) < 4.78 is 1.05. The molecular weight excluding hydrogens is 298 g/mol. The molecule has 0 saturated heterocycles. The van der Waals surface area contributed by atoms with Crippen LogP contribution in [0.1, 0.15) is 6.42 Å². The van der Waals surface area contributed by atoms with E-state index in [0.29, 0.717) is 5.95 Å². The summed E-state index contributed by atoms with van der Waals surface area (Å²) in [6.07, 6.45) is 5.09. The van der Waals surface area contributed by atoms with Gasteiger partial charge in [0.25, 0.3) is 0 Å². The van der Waals surface area contributed by atoms with Crippen molar-refractivity contribution in [1.82, 2.24) is 9.97 Å². The molecule has 2 aromatic rings. The van der Waals surface area contributed by atoms with Crippen LogP contribution in [0.15, 0.2) is 28.9 Å². The van der Waals surface area contributed by atoms with E-state index in [4.69, 9.17) is 0 Å². The predicted octanol–water partition coefficient (Wildman–Crippen LogP) is 3.56. The van der Waals surface area contributed by atoms with Crippen molar-refractivity contribution < 1.29 is 0 Å². The number of hydrogen-bond donors (Lipinski definition) is 1. The van der Waals surface area contributed by atoms with Crippen LogP contribution in [0.2, 0.25) is 0 Å². The van der Waals surface area contributed by atoms with Crippen molar-refractivity contribution in [2.24, 2.45) is 0 Å². The number of anilines is 1. The number of aromatic nitrogens is 2. The van der Waals surface area contributed by atoms with Crippen LogP contribution >= 0.6 is 27.7 Å². The molecular formula is C12H14BrN3S. The Morgan fingerprint density at radius 2 is 2.29 bits per heavy atom. The second-order valence-corrected chi connectivity index (χ2v) is 5.57. The Morgan fingerprint density at radius 1 is 1.41 bits per heavy atom. The van der Waals surface area contributed by atoms with Crippen LogP contribution in [0.25, 0.3) is 10.9 Å². The molecule has 0 atom stereocenters. The van der Waals surface area contributed by atoms with Gasteiger partial charge in [-0.2, -0.15) is 11.8 Å². The van der Waals surface area contributed by atoms with Gasteiger partial charge in [0.05, 0.1) is 5.52 Å². The van der Waals surface area contributed by atoms with Gasteiger partial charge in [0, 0.05) is 22.6 Å². The van der Waals surface area contributed by atoms with Crippen molar-refractivity contribution in [3.63, 3.8) is 0 Å². The molecule has 1 N–H and O–H groups in total. The van der Waals surface area contributed by atoms with Crippen LogP contribution in [0.3, 0.4) is 0 Å². The van der Waals surface area contributed by atoms with E-state index >= 15 is 0 Å². The molecule has 0 aliphatic rings. The molecule has 17 heavy (non-hydrogen) atoms. The Morgan fingerprint density at radius 3 is 3.12 bits per heavy atom. The monoisotopic (exact) mass is 311 g/mol. The first-order valence-corrected chi connectivity index (χ1v) is 7.63. The average molecular weight is 312 g/mol. The highest BCUT2D eigenvalue weighted by Crippen LogP contribution is 2.18. The van der Waals surface area contributed by atoms with E-state index in [1.165, 1.54) is 0 Å². The Kier molecular flexibility index (Phi) is 4.62. The number of thioether (sulfide) groups is 1. The van der Waals surface area contributed by atoms with Gasteiger partial charge in [0.2, 0.25) is 5.95 Å². The number of hydrogen-bond acceptors (Lipinski definition) is 4. The highest BCUT2D eigenvalue weighted by molar-refractivity contribution is 9.10. The summed E-state index contributed by atoms with van der Waals surface area (Å²) >= 11 is 5.29. The van der Waals surface area contributed by atoms with Gasteiger partial charge in [-0.3, -0.25) is 0 Å². The fourth-order valence-electron chi connectivity index (χ4n) is 1.51. The maximum atomic E-state index is 4.46. The minimum absolute atomic E-state index is 0.709. The molecule has 0 unspecified atom stereocenters. The number of rotatable bonds is 5. The van der Waals surface area contributed by atoms with E-state index < -0.39 is 0 Å². The number of halogens is 1. The fourth-order valence-corrected chi connectivity index (χ4v) is 2.32. The first-order chi connectivity index (χ1) is 8.29. The lowest BCUT2D eigenvalue weighted by Crippen LogP contribution is -2.05. The highest BCUT2D eigenvalue weighted by Gasteiger charge is 1.99. The van der Waals surface area contributed by atoms with Crippen LogP contribution in [0.5, 0.6) is 0 Å². The van der Waals surface area contributed by atoms with E-state index in [0.717, 1.165) is 34.1 Å². The van der Waals surface area contributed by atoms with Gasteiger partial charge in [0.1, 0.15) is 0 Å². The molecule has 0 bridgehead atoms. The van der Waals surface area contributed by atoms with E-state index in [9.17, 15) is 0 Å². The van der Waals surface area contributed by atoms with Crippen molar-refractivity contribution >= 4 is 44.5 Å². The third-order valence-electron chi connectivity index (χ3n) is 2.35. The Bertz CT molecular complexity index is 504. The van der Waals surface area contributed by atoms with Gasteiger partial charge in [-0.05, 0) is 36.6 Å².